The Bertz CT molecular complexity index is 625. The van der Waals surface area contributed by atoms with Crippen LogP contribution in [0.3, 0.4) is 0 Å². The van der Waals surface area contributed by atoms with Crippen LogP contribution in [0.25, 0.3) is 0 Å². The molecule has 3 N–H and O–H groups in total. The molecule has 0 aliphatic carbocycles. The van der Waals surface area contributed by atoms with E-state index in [0.717, 1.165) is 0 Å². The van der Waals surface area contributed by atoms with Crippen molar-refractivity contribution in [1.82, 2.24) is 9.97 Å². The molecule has 0 fully saturated rings. The Kier molecular flexibility index (Phi) is 5.58. The minimum Gasteiger partial charge on any atom is -0.437 e. The van der Waals surface area contributed by atoms with E-state index in [-0.39, 0.29) is 12.5 Å². The van der Waals surface area contributed by atoms with Gasteiger partial charge >= 0.3 is 0 Å². The lowest BCUT2D eigenvalue weighted by Crippen LogP contribution is -2.11. The maximum Gasteiger partial charge on any atom is 0.224 e. The largest absolute Gasteiger partial charge is 0.437 e. The summed E-state index contributed by atoms with van der Waals surface area (Å²) in [6.07, 6.45) is 0. The van der Waals surface area contributed by atoms with Gasteiger partial charge in [-0.05, 0) is 19.1 Å². The van der Waals surface area contributed by atoms with E-state index in [9.17, 15) is 0 Å². The average Bonchev–Trinajstić information content (AvgIpc) is 2.49. The van der Waals surface area contributed by atoms with E-state index in [1.807, 2.05) is 6.92 Å². The fourth-order valence-corrected chi connectivity index (χ4v) is 1.86. The fraction of sp³-hybridized carbons (Fsp3) is 0.231. The van der Waals surface area contributed by atoms with E-state index in [2.05, 4.69) is 15.4 Å². The fourth-order valence-electron chi connectivity index (χ4n) is 1.53. The first kappa shape index (κ1) is 15.8. The van der Waals surface area contributed by atoms with Gasteiger partial charge in [0.2, 0.25) is 5.88 Å². The van der Waals surface area contributed by atoms with Gasteiger partial charge in [-0.25, -0.2) is 10.8 Å². The Morgan fingerprint density at radius 2 is 2.10 bits per heavy atom. The van der Waals surface area contributed by atoms with Crippen LogP contribution in [0.1, 0.15) is 12.7 Å². The summed E-state index contributed by atoms with van der Waals surface area (Å²) in [5.41, 5.74) is 2.45. The van der Waals surface area contributed by atoms with E-state index < -0.39 is 0 Å². The lowest BCUT2D eigenvalue weighted by Gasteiger charge is -2.10. The van der Waals surface area contributed by atoms with Gasteiger partial charge in [0.15, 0.2) is 5.82 Å². The molecule has 0 unspecified atom stereocenters. The van der Waals surface area contributed by atoms with Gasteiger partial charge in [-0.3, -0.25) is 0 Å². The monoisotopic (exact) mass is 328 g/mol. The highest BCUT2D eigenvalue weighted by Crippen LogP contribution is 2.34. The molecule has 112 valence electrons. The first-order valence-electron chi connectivity index (χ1n) is 6.18. The van der Waals surface area contributed by atoms with Gasteiger partial charge in [0, 0.05) is 12.7 Å². The number of anilines is 1. The van der Waals surface area contributed by atoms with Crippen LogP contribution in [0.2, 0.25) is 10.0 Å². The van der Waals surface area contributed by atoms with Crippen LogP contribution in [-0.2, 0) is 11.3 Å². The Morgan fingerprint density at radius 3 is 2.81 bits per heavy atom. The van der Waals surface area contributed by atoms with Gasteiger partial charge in [0.05, 0.1) is 5.02 Å². The van der Waals surface area contributed by atoms with E-state index in [4.69, 9.17) is 38.5 Å². The zero-order valence-corrected chi connectivity index (χ0v) is 12.8. The van der Waals surface area contributed by atoms with Crippen LogP contribution < -0.4 is 16.0 Å². The molecule has 0 spiro atoms. The normalized spacial score (nSPS) is 10.5. The summed E-state index contributed by atoms with van der Waals surface area (Å²) in [6.45, 7) is 2.69. The maximum atomic E-state index is 6.07. The summed E-state index contributed by atoms with van der Waals surface area (Å²) >= 11 is 12.0. The molecule has 2 rings (SSSR count). The first-order chi connectivity index (χ1) is 10.1. The number of hydrazine groups is 1. The Morgan fingerprint density at radius 1 is 1.29 bits per heavy atom. The van der Waals surface area contributed by atoms with E-state index in [0.29, 0.717) is 34.0 Å². The van der Waals surface area contributed by atoms with Crippen molar-refractivity contribution in [1.29, 1.82) is 0 Å². The molecule has 8 heteroatoms. The standard InChI is InChI=1S/C13H14Cl2N4O2/c1-2-20-7-11-17-10(19-16)6-12(18-11)21-9-5-3-4-8(14)13(9)15/h3-6H,2,7,16H2,1H3,(H,17,18,19). The van der Waals surface area contributed by atoms with Crippen LogP contribution in [0.5, 0.6) is 11.6 Å². The van der Waals surface area contributed by atoms with Crippen molar-refractivity contribution in [2.24, 2.45) is 5.84 Å². The van der Waals surface area contributed by atoms with Crippen LogP contribution in [0.4, 0.5) is 5.82 Å². The molecular formula is C13H14Cl2N4O2. The van der Waals surface area contributed by atoms with Crippen molar-refractivity contribution in [2.45, 2.75) is 13.5 Å². The summed E-state index contributed by atoms with van der Waals surface area (Å²) in [6, 6.07) is 6.64. The zero-order chi connectivity index (χ0) is 15.2. The molecule has 0 aliphatic rings. The van der Waals surface area contributed by atoms with Crippen molar-refractivity contribution < 1.29 is 9.47 Å². The van der Waals surface area contributed by atoms with Crippen molar-refractivity contribution >= 4 is 29.0 Å². The molecule has 1 aromatic carbocycles. The quantitative estimate of drug-likeness (QED) is 0.624. The molecular weight excluding hydrogens is 315 g/mol. The summed E-state index contributed by atoms with van der Waals surface area (Å²) in [7, 11) is 0. The number of halogens is 2. The molecule has 0 bridgehead atoms. The summed E-state index contributed by atoms with van der Waals surface area (Å²) in [5, 5.41) is 0.710. The molecule has 1 aromatic heterocycles. The molecule has 0 saturated carbocycles. The number of rotatable bonds is 6. The summed E-state index contributed by atoms with van der Waals surface area (Å²) in [4.78, 5) is 8.39. The second-order valence-electron chi connectivity index (χ2n) is 3.94. The highest BCUT2D eigenvalue weighted by atomic mass is 35.5. The average molecular weight is 329 g/mol. The number of nitrogens with one attached hydrogen (secondary N) is 1. The minimum absolute atomic E-state index is 0.256. The molecule has 0 radical (unpaired) electrons. The minimum atomic E-state index is 0.256. The zero-order valence-electron chi connectivity index (χ0n) is 11.3. The second-order valence-corrected chi connectivity index (χ2v) is 4.73. The first-order valence-corrected chi connectivity index (χ1v) is 6.93. The highest BCUT2D eigenvalue weighted by Gasteiger charge is 2.10. The number of nitrogens with zero attached hydrogens (tertiary/aromatic N) is 2. The molecule has 0 atom stereocenters. The van der Waals surface area contributed by atoms with E-state index >= 15 is 0 Å². The number of nitrogen functional groups attached to an aromatic ring is 1. The van der Waals surface area contributed by atoms with E-state index in [1.54, 1.807) is 24.3 Å². The molecule has 6 nitrogen and oxygen atoms in total. The van der Waals surface area contributed by atoms with Crippen LogP contribution >= 0.6 is 23.2 Å². The predicted octanol–water partition coefficient (Wildman–Crippen LogP) is 3.40. The number of hydrogen-bond acceptors (Lipinski definition) is 6. The van der Waals surface area contributed by atoms with E-state index in [1.165, 1.54) is 0 Å². The number of aromatic nitrogens is 2. The number of benzene rings is 1. The lowest BCUT2D eigenvalue weighted by atomic mass is 10.3. The molecule has 0 amide bonds. The molecule has 0 saturated heterocycles. The van der Waals surface area contributed by atoms with Crippen molar-refractivity contribution in [3.8, 4) is 11.6 Å². The molecule has 2 aromatic rings. The SMILES string of the molecule is CCOCc1nc(NN)cc(Oc2cccc(Cl)c2Cl)n1. The highest BCUT2D eigenvalue weighted by molar-refractivity contribution is 6.42. The number of nitrogens with two attached hydrogens (primary N) is 1. The summed E-state index contributed by atoms with van der Waals surface area (Å²) in [5.74, 6) is 6.92. The Labute approximate surface area is 132 Å². The molecule has 1 heterocycles. The topological polar surface area (TPSA) is 82.3 Å². The van der Waals surface area contributed by atoms with Crippen molar-refractivity contribution in [2.75, 3.05) is 12.0 Å². The van der Waals surface area contributed by atoms with Crippen molar-refractivity contribution in [3.63, 3.8) is 0 Å². The van der Waals surface area contributed by atoms with Gasteiger partial charge in [-0.15, -0.1) is 0 Å². The maximum absolute atomic E-state index is 6.07. The van der Waals surface area contributed by atoms with Crippen LogP contribution in [0.15, 0.2) is 24.3 Å². The predicted molar refractivity (Wildman–Crippen MR) is 81.7 cm³/mol. The third kappa shape index (κ3) is 4.18. The van der Waals surface area contributed by atoms with Gasteiger partial charge in [-0.2, -0.15) is 4.98 Å². The molecule has 21 heavy (non-hydrogen) atoms. The van der Waals surface area contributed by atoms with Crippen LogP contribution in [0, 0.1) is 0 Å². The van der Waals surface area contributed by atoms with Gasteiger partial charge in [0.25, 0.3) is 0 Å². The smallest absolute Gasteiger partial charge is 0.224 e. The number of hydrogen-bond donors (Lipinski definition) is 2. The third-order valence-electron chi connectivity index (χ3n) is 2.46. The number of ether oxygens (including phenoxy) is 2. The van der Waals surface area contributed by atoms with Crippen LogP contribution in [-0.4, -0.2) is 16.6 Å². The van der Waals surface area contributed by atoms with Gasteiger partial charge in [-0.1, -0.05) is 29.3 Å². The lowest BCUT2D eigenvalue weighted by molar-refractivity contribution is 0.128. The second kappa shape index (κ2) is 7.42. The Hall–Kier alpha value is -1.60. The third-order valence-corrected chi connectivity index (χ3v) is 3.26. The Balaban J connectivity index is 2.28. The van der Waals surface area contributed by atoms with Gasteiger partial charge < -0.3 is 14.9 Å². The molecule has 0 aliphatic heterocycles. The summed E-state index contributed by atoms with van der Waals surface area (Å²) < 4.78 is 10.9. The van der Waals surface area contributed by atoms with Crippen molar-refractivity contribution in [3.05, 3.63) is 40.1 Å². The van der Waals surface area contributed by atoms with Gasteiger partial charge in [0.1, 0.15) is 23.2 Å².